The number of aromatic nitrogens is 1. The Morgan fingerprint density at radius 1 is 1.54 bits per heavy atom. The third kappa shape index (κ3) is 2.61. The molecule has 0 bridgehead atoms. The van der Waals surface area contributed by atoms with Gasteiger partial charge in [-0.15, -0.1) is 0 Å². The summed E-state index contributed by atoms with van der Waals surface area (Å²) in [7, 11) is 0. The molecule has 0 aliphatic heterocycles. The summed E-state index contributed by atoms with van der Waals surface area (Å²) in [6.07, 6.45) is 2.34. The molecule has 1 aromatic heterocycles. The van der Waals surface area contributed by atoms with Crippen molar-refractivity contribution in [2.45, 2.75) is 26.8 Å². The highest BCUT2D eigenvalue weighted by Gasteiger charge is 2.06. The molecule has 0 unspecified atom stereocenters. The maximum absolute atomic E-state index is 11.1. The van der Waals surface area contributed by atoms with Crippen molar-refractivity contribution < 1.29 is 9.53 Å². The summed E-state index contributed by atoms with van der Waals surface area (Å²) < 4.78 is 6.90. The van der Waals surface area contributed by atoms with Crippen molar-refractivity contribution in [1.82, 2.24) is 4.57 Å². The molecule has 72 valence electrons. The number of carbonyl (C=O) groups is 1. The molecule has 0 spiro atoms. The van der Waals surface area contributed by atoms with Gasteiger partial charge >= 0.3 is 5.97 Å². The average molecular weight is 181 g/mol. The minimum atomic E-state index is -0.157. The van der Waals surface area contributed by atoms with Crippen LogP contribution in [-0.2, 0) is 22.5 Å². The molecule has 0 N–H and O–H groups in total. The fourth-order valence-electron chi connectivity index (χ4n) is 1.28. The first kappa shape index (κ1) is 9.84. The molecule has 0 aromatic carbocycles. The standard InChI is InChI=1S/C10H15NO2/c1-3-11-7-5-6-9(11)8-10(12)13-4-2/h5-7H,3-4,8H2,1-2H3. The molecule has 0 saturated heterocycles. The highest BCUT2D eigenvalue weighted by Crippen LogP contribution is 2.03. The van der Waals surface area contributed by atoms with Crippen LogP contribution in [0.4, 0.5) is 0 Å². The first-order valence-electron chi connectivity index (χ1n) is 4.57. The number of ether oxygens (including phenoxy) is 1. The zero-order valence-corrected chi connectivity index (χ0v) is 8.12. The summed E-state index contributed by atoms with van der Waals surface area (Å²) in [5.41, 5.74) is 1.01. The van der Waals surface area contributed by atoms with E-state index in [2.05, 4.69) is 6.92 Å². The molecule has 0 amide bonds. The Labute approximate surface area is 78.3 Å². The Balaban J connectivity index is 2.57. The summed E-state index contributed by atoms with van der Waals surface area (Å²) in [6, 6.07) is 3.89. The van der Waals surface area contributed by atoms with Crippen LogP contribution in [0.5, 0.6) is 0 Å². The lowest BCUT2D eigenvalue weighted by molar-refractivity contribution is -0.142. The highest BCUT2D eigenvalue weighted by atomic mass is 16.5. The monoisotopic (exact) mass is 181 g/mol. The molecular formula is C10H15NO2. The Morgan fingerprint density at radius 2 is 2.31 bits per heavy atom. The lowest BCUT2D eigenvalue weighted by Gasteiger charge is -2.05. The van der Waals surface area contributed by atoms with E-state index < -0.39 is 0 Å². The van der Waals surface area contributed by atoms with E-state index in [1.165, 1.54) is 0 Å². The Hall–Kier alpha value is -1.25. The van der Waals surface area contributed by atoms with Crippen LogP contribution >= 0.6 is 0 Å². The van der Waals surface area contributed by atoms with Crippen LogP contribution in [0.25, 0.3) is 0 Å². The smallest absolute Gasteiger partial charge is 0.311 e. The summed E-state index contributed by atoms with van der Waals surface area (Å²) in [5.74, 6) is -0.157. The molecule has 0 radical (unpaired) electrons. The van der Waals surface area contributed by atoms with E-state index in [0.29, 0.717) is 13.0 Å². The first-order chi connectivity index (χ1) is 6.27. The molecule has 0 aliphatic carbocycles. The van der Waals surface area contributed by atoms with Gasteiger partial charge in [0.05, 0.1) is 13.0 Å². The largest absolute Gasteiger partial charge is 0.466 e. The van der Waals surface area contributed by atoms with Crippen LogP contribution in [0.1, 0.15) is 19.5 Å². The molecule has 3 heteroatoms. The van der Waals surface area contributed by atoms with Crippen LogP contribution in [0, 0.1) is 0 Å². The van der Waals surface area contributed by atoms with E-state index in [-0.39, 0.29) is 5.97 Å². The number of carbonyl (C=O) groups excluding carboxylic acids is 1. The van der Waals surface area contributed by atoms with Crippen LogP contribution in [0.3, 0.4) is 0 Å². The highest BCUT2D eigenvalue weighted by molar-refractivity contribution is 5.72. The minimum absolute atomic E-state index is 0.157. The normalized spacial score (nSPS) is 10.0. The minimum Gasteiger partial charge on any atom is -0.466 e. The number of hydrogen-bond acceptors (Lipinski definition) is 2. The Kier molecular flexibility index (Phi) is 3.55. The molecule has 0 fully saturated rings. The van der Waals surface area contributed by atoms with E-state index in [1.807, 2.05) is 29.8 Å². The van der Waals surface area contributed by atoms with Crippen molar-refractivity contribution in [3.05, 3.63) is 24.0 Å². The van der Waals surface area contributed by atoms with Gasteiger partial charge in [-0.2, -0.15) is 0 Å². The molecule has 13 heavy (non-hydrogen) atoms. The van der Waals surface area contributed by atoms with Crippen molar-refractivity contribution in [2.24, 2.45) is 0 Å². The lowest BCUT2D eigenvalue weighted by atomic mass is 10.3. The predicted molar refractivity (Wildman–Crippen MR) is 50.4 cm³/mol. The maximum Gasteiger partial charge on any atom is 0.311 e. The average Bonchev–Trinajstić information content (AvgIpc) is 2.52. The van der Waals surface area contributed by atoms with Crippen LogP contribution < -0.4 is 0 Å². The van der Waals surface area contributed by atoms with Gasteiger partial charge in [-0.25, -0.2) is 0 Å². The van der Waals surface area contributed by atoms with Gasteiger partial charge in [-0.3, -0.25) is 4.79 Å². The van der Waals surface area contributed by atoms with Gasteiger partial charge in [0.1, 0.15) is 0 Å². The predicted octanol–water partition coefficient (Wildman–Crippen LogP) is 1.61. The third-order valence-electron chi connectivity index (χ3n) is 1.90. The summed E-state index contributed by atoms with van der Waals surface area (Å²) >= 11 is 0. The number of rotatable bonds is 4. The molecule has 1 rings (SSSR count). The van der Waals surface area contributed by atoms with Crippen molar-refractivity contribution in [1.29, 1.82) is 0 Å². The van der Waals surface area contributed by atoms with Crippen molar-refractivity contribution >= 4 is 5.97 Å². The second kappa shape index (κ2) is 4.70. The van der Waals surface area contributed by atoms with E-state index >= 15 is 0 Å². The second-order valence-electron chi connectivity index (χ2n) is 2.77. The van der Waals surface area contributed by atoms with Gasteiger partial charge in [0, 0.05) is 18.4 Å². The molecule has 0 atom stereocenters. The summed E-state index contributed by atoms with van der Waals surface area (Å²) in [6.45, 7) is 5.21. The Bertz CT molecular complexity index is 278. The van der Waals surface area contributed by atoms with Gasteiger partial charge in [0.25, 0.3) is 0 Å². The molecule has 0 saturated carbocycles. The molecule has 1 heterocycles. The zero-order chi connectivity index (χ0) is 9.68. The maximum atomic E-state index is 11.1. The summed E-state index contributed by atoms with van der Waals surface area (Å²) in [5, 5.41) is 0. The van der Waals surface area contributed by atoms with E-state index in [0.717, 1.165) is 12.2 Å². The number of aryl methyl sites for hydroxylation is 1. The molecule has 1 aromatic rings. The van der Waals surface area contributed by atoms with Crippen molar-refractivity contribution in [3.8, 4) is 0 Å². The van der Waals surface area contributed by atoms with E-state index in [9.17, 15) is 4.79 Å². The zero-order valence-electron chi connectivity index (χ0n) is 8.12. The van der Waals surface area contributed by atoms with E-state index in [4.69, 9.17) is 4.74 Å². The first-order valence-corrected chi connectivity index (χ1v) is 4.57. The van der Waals surface area contributed by atoms with Gasteiger partial charge in [0.2, 0.25) is 0 Å². The van der Waals surface area contributed by atoms with Crippen LogP contribution in [-0.4, -0.2) is 17.1 Å². The molecular weight excluding hydrogens is 166 g/mol. The summed E-state index contributed by atoms with van der Waals surface area (Å²) in [4.78, 5) is 11.1. The van der Waals surface area contributed by atoms with Crippen molar-refractivity contribution in [2.75, 3.05) is 6.61 Å². The quantitative estimate of drug-likeness (QED) is 0.661. The van der Waals surface area contributed by atoms with Crippen LogP contribution in [0.15, 0.2) is 18.3 Å². The van der Waals surface area contributed by atoms with Crippen molar-refractivity contribution in [3.63, 3.8) is 0 Å². The number of nitrogens with zero attached hydrogens (tertiary/aromatic N) is 1. The SMILES string of the molecule is CCOC(=O)Cc1cccn1CC. The van der Waals surface area contributed by atoms with Gasteiger partial charge in [-0.05, 0) is 26.0 Å². The number of hydrogen-bond donors (Lipinski definition) is 0. The lowest BCUT2D eigenvalue weighted by Crippen LogP contribution is -2.10. The Morgan fingerprint density at radius 3 is 2.92 bits per heavy atom. The van der Waals surface area contributed by atoms with Gasteiger partial charge < -0.3 is 9.30 Å². The second-order valence-corrected chi connectivity index (χ2v) is 2.77. The number of esters is 1. The molecule has 3 nitrogen and oxygen atoms in total. The molecule has 0 aliphatic rings. The topological polar surface area (TPSA) is 31.2 Å². The van der Waals surface area contributed by atoms with Gasteiger partial charge in [-0.1, -0.05) is 0 Å². The third-order valence-corrected chi connectivity index (χ3v) is 1.90. The van der Waals surface area contributed by atoms with Crippen LogP contribution in [0.2, 0.25) is 0 Å². The van der Waals surface area contributed by atoms with E-state index in [1.54, 1.807) is 0 Å². The fourth-order valence-corrected chi connectivity index (χ4v) is 1.28. The fraction of sp³-hybridized carbons (Fsp3) is 0.500. The van der Waals surface area contributed by atoms with Gasteiger partial charge in [0.15, 0.2) is 0 Å².